The molecule has 4 heteroatoms. The zero-order valence-electron chi connectivity index (χ0n) is 12.1. The summed E-state index contributed by atoms with van der Waals surface area (Å²) in [7, 11) is 1.97. The van der Waals surface area contributed by atoms with Crippen LogP contribution in [-0.2, 0) is 4.79 Å². The van der Waals surface area contributed by atoms with E-state index >= 15 is 0 Å². The molecule has 3 nitrogen and oxygen atoms in total. The lowest BCUT2D eigenvalue weighted by molar-refractivity contribution is -0.143. The molecule has 0 unspecified atom stereocenters. The Morgan fingerprint density at radius 2 is 2.06 bits per heavy atom. The second-order valence-corrected chi connectivity index (χ2v) is 6.34. The van der Waals surface area contributed by atoms with Crippen LogP contribution < -0.4 is 5.32 Å². The summed E-state index contributed by atoms with van der Waals surface area (Å²) in [5.41, 5.74) is -0.0753. The molecule has 1 rings (SSSR count). The van der Waals surface area contributed by atoms with E-state index in [2.05, 4.69) is 18.5 Å². The second-order valence-electron chi connectivity index (χ2n) is 5.35. The molecule has 0 atom stereocenters. The number of hydrogen-bond donors (Lipinski definition) is 1. The Kier molecular flexibility index (Phi) is 7.08. The van der Waals surface area contributed by atoms with E-state index in [1.807, 2.05) is 23.7 Å². The minimum Gasteiger partial charge on any atom is -0.345 e. The fourth-order valence-corrected chi connectivity index (χ4v) is 3.32. The molecule has 0 aliphatic carbocycles. The molecular weight excluding hydrogens is 244 g/mol. The minimum atomic E-state index is -0.0753. The molecule has 0 radical (unpaired) electrons. The van der Waals surface area contributed by atoms with Crippen molar-refractivity contribution in [3.05, 3.63) is 0 Å². The lowest BCUT2D eigenvalue weighted by atomic mass is 9.74. The fraction of sp³-hybridized carbons (Fsp3) is 0.929. The Hall–Kier alpha value is -0.220. The van der Waals surface area contributed by atoms with Crippen LogP contribution >= 0.6 is 11.8 Å². The summed E-state index contributed by atoms with van der Waals surface area (Å²) >= 11 is 1.85. The highest BCUT2D eigenvalue weighted by Crippen LogP contribution is 2.35. The summed E-state index contributed by atoms with van der Waals surface area (Å²) in [5, 5.41) is 3.37. The summed E-state index contributed by atoms with van der Waals surface area (Å²) in [5.74, 6) is 1.52. The third-order valence-electron chi connectivity index (χ3n) is 3.93. The fourth-order valence-electron chi connectivity index (χ4n) is 2.91. The van der Waals surface area contributed by atoms with Crippen molar-refractivity contribution in [2.45, 2.75) is 39.0 Å². The number of carbonyl (C=O) groups is 1. The summed E-state index contributed by atoms with van der Waals surface area (Å²) in [4.78, 5) is 14.7. The molecule has 0 saturated carbocycles. The van der Waals surface area contributed by atoms with Gasteiger partial charge in [0.05, 0.1) is 5.41 Å². The van der Waals surface area contributed by atoms with Crippen LogP contribution in [0.5, 0.6) is 0 Å². The number of carbonyl (C=O) groups excluding carboxylic acids is 1. The number of hydrogen-bond acceptors (Lipinski definition) is 3. The smallest absolute Gasteiger partial charge is 0.228 e. The highest BCUT2D eigenvalue weighted by atomic mass is 32.2. The summed E-state index contributed by atoms with van der Waals surface area (Å²) in [6, 6.07) is 0. The van der Waals surface area contributed by atoms with Gasteiger partial charge in [-0.1, -0.05) is 13.3 Å². The van der Waals surface area contributed by atoms with E-state index in [1.165, 1.54) is 0 Å². The first-order valence-electron chi connectivity index (χ1n) is 7.11. The zero-order valence-corrected chi connectivity index (χ0v) is 12.9. The number of thioether (sulfide) groups is 1. The van der Waals surface area contributed by atoms with E-state index in [9.17, 15) is 4.79 Å². The molecule has 0 aromatic heterocycles. The largest absolute Gasteiger partial charge is 0.345 e. The summed E-state index contributed by atoms with van der Waals surface area (Å²) < 4.78 is 0. The van der Waals surface area contributed by atoms with Gasteiger partial charge in [-0.25, -0.2) is 0 Å². The van der Waals surface area contributed by atoms with Gasteiger partial charge < -0.3 is 10.2 Å². The van der Waals surface area contributed by atoms with Crippen LogP contribution in [-0.4, -0.2) is 49.5 Å². The van der Waals surface area contributed by atoms with E-state index < -0.39 is 0 Å². The molecule has 0 bridgehead atoms. The van der Waals surface area contributed by atoms with Crippen molar-refractivity contribution in [3.63, 3.8) is 0 Å². The van der Waals surface area contributed by atoms with Crippen molar-refractivity contribution >= 4 is 17.7 Å². The molecule has 1 aliphatic heterocycles. The predicted octanol–water partition coefficient (Wildman–Crippen LogP) is 2.37. The second kappa shape index (κ2) is 8.05. The van der Waals surface area contributed by atoms with Crippen LogP contribution in [0.1, 0.15) is 39.0 Å². The van der Waals surface area contributed by atoms with Crippen LogP contribution in [0.15, 0.2) is 0 Å². The number of nitrogens with one attached hydrogen (secondary N) is 1. The van der Waals surface area contributed by atoms with E-state index in [4.69, 9.17) is 0 Å². The van der Waals surface area contributed by atoms with Crippen LogP contribution in [0.3, 0.4) is 0 Å². The maximum atomic E-state index is 12.7. The van der Waals surface area contributed by atoms with Crippen LogP contribution in [0.25, 0.3) is 0 Å². The van der Waals surface area contributed by atoms with Gasteiger partial charge in [0.1, 0.15) is 0 Å². The van der Waals surface area contributed by atoms with Crippen LogP contribution in [0.2, 0.25) is 0 Å². The molecule has 1 saturated heterocycles. The molecule has 1 aliphatic rings. The predicted molar refractivity (Wildman–Crippen MR) is 80.1 cm³/mol. The number of rotatable bonds is 7. The van der Waals surface area contributed by atoms with Gasteiger partial charge in [0, 0.05) is 13.6 Å². The zero-order chi connectivity index (χ0) is 13.4. The van der Waals surface area contributed by atoms with Crippen molar-refractivity contribution in [2.75, 3.05) is 38.7 Å². The van der Waals surface area contributed by atoms with Crippen molar-refractivity contribution in [3.8, 4) is 0 Å². The van der Waals surface area contributed by atoms with Gasteiger partial charge in [-0.15, -0.1) is 0 Å². The Labute approximate surface area is 116 Å². The normalized spacial score (nSPS) is 18.6. The van der Waals surface area contributed by atoms with E-state index in [0.29, 0.717) is 5.91 Å². The first kappa shape index (κ1) is 15.8. The first-order chi connectivity index (χ1) is 8.66. The monoisotopic (exact) mass is 272 g/mol. The van der Waals surface area contributed by atoms with Gasteiger partial charge >= 0.3 is 0 Å². The van der Waals surface area contributed by atoms with Crippen LogP contribution in [0.4, 0.5) is 0 Å². The topological polar surface area (TPSA) is 32.3 Å². The van der Waals surface area contributed by atoms with Gasteiger partial charge in [-0.2, -0.15) is 11.8 Å². The first-order valence-corrected chi connectivity index (χ1v) is 8.51. The molecule has 1 heterocycles. The SMILES string of the molecule is CCCC1(C(=O)N(C)CCCSC)CCNCC1. The van der Waals surface area contributed by atoms with E-state index in [0.717, 1.165) is 57.5 Å². The number of piperidine rings is 1. The lowest BCUT2D eigenvalue weighted by Gasteiger charge is -2.39. The average Bonchev–Trinajstić information content (AvgIpc) is 2.39. The average molecular weight is 272 g/mol. The summed E-state index contributed by atoms with van der Waals surface area (Å²) in [6.45, 7) is 5.07. The van der Waals surface area contributed by atoms with E-state index in [-0.39, 0.29) is 5.41 Å². The highest BCUT2D eigenvalue weighted by Gasteiger charge is 2.39. The van der Waals surface area contributed by atoms with Crippen LogP contribution in [0, 0.1) is 5.41 Å². The lowest BCUT2D eigenvalue weighted by Crippen LogP contribution is -2.48. The molecule has 0 aromatic carbocycles. The summed E-state index contributed by atoms with van der Waals surface area (Å²) in [6.07, 6.45) is 7.38. The highest BCUT2D eigenvalue weighted by molar-refractivity contribution is 7.98. The standard InChI is InChI=1S/C14H28N2OS/c1-4-6-14(7-9-15-10-8-14)13(17)16(2)11-5-12-18-3/h15H,4-12H2,1-3H3. The molecular formula is C14H28N2OS. The van der Waals surface area contributed by atoms with Gasteiger partial charge in [0.2, 0.25) is 5.91 Å². The van der Waals surface area contributed by atoms with E-state index in [1.54, 1.807) is 0 Å². The van der Waals surface area contributed by atoms with Gasteiger partial charge in [-0.3, -0.25) is 4.79 Å². The maximum Gasteiger partial charge on any atom is 0.228 e. The van der Waals surface area contributed by atoms with Crippen molar-refractivity contribution < 1.29 is 4.79 Å². The Morgan fingerprint density at radius 1 is 1.39 bits per heavy atom. The molecule has 1 N–H and O–H groups in total. The molecule has 18 heavy (non-hydrogen) atoms. The maximum absolute atomic E-state index is 12.7. The van der Waals surface area contributed by atoms with Crippen molar-refractivity contribution in [2.24, 2.45) is 5.41 Å². The number of nitrogens with zero attached hydrogens (tertiary/aromatic N) is 1. The molecule has 106 valence electrons. The van der Waals surface area contributed by atoms with Gasteiger partial charge in [-0.05, 0) is 50.8 Å². The van der Waals surface area contributed by atoms with Gasteiger partial charge in [0.25, 0.3) is 0 Å². The Morgan fingerprint density at radius 3 is 2.61 bits per heavy atom. The Balaban J connectivity index is 2.57. The minimum absolute atomic E-state index is 0.0753. The Bertz CT molecular complexity index is 247. The van der Waals surface area contributed by atoms with Crippen molar-refractivity contribution in [1.29, 1.82) is 0 Å². The third-order valence-corrected chi connectivity index (χ3v) is 4.63. The van der Waals surface area contributed by atoms with Gasteiger partial charge in [0.15, 0.2) is 0 Å². The molecule has 0 aromatic rings. The van der Waals surface area contributed by atoms with Crippen molar-refractivity contribution in [1.82, 2.24) is 10.2 Å². The molecule has 0 spiro atoms. The number of amides is 1. The molecule has 1 fully saturated rings. The third kappa shape index (κ3) is 4.16. The quantitative estimate of drug-likeness (QED) is 0.722. The molecule has 1 amide bonds.